The van der Waals surface area contributed by atoms with Crippen LogP contribution in [-0.4, -0.2) is 68.7 Å². The summed E-state index contributed by atoms with van der Waals surface area (Å²) >= 11 is 0. The van der Waals surface area contributed by atoms with Gasteiger partial charge in [-0.2, -0.15) is 9.78 Å². The molecule has 0 saturated carbocycles. The molecule has 0 spiro atoms. The lowest BCUT2D eigenvalue weighted by molar-refractivity contribution is 0.206. The largest absolute Gasteiger partial charge is 0.344 e. The van der Waals surface area contributed by atoms with Crippen LogP contribution in [-0.2, 0) is 9.84 Å². The predicted molar refractivity (Wildman–Crippen MR) is 105 cm³/mol. The van der Waals surface area contributed by atoms with Crippen LogP contribution in [0.1, 0.15) is 19.8 Å². The number of aromatic nitrogens is 5. The zero-order chi connectivity index (χ0) is 19.7. The van der Waals surface area contributed by atoms with Gasteiger partial charge in [0.25, 0.3) is 0 Å². The molecule has 1 atom stereocenters. The number of carbonyl (C=O) groups excluding carboxylic acids is 1. The molecule has 0 radical (unpaired) electrons. The molecular formula is C18H22N6O3S. The van der Waals surface area contributed by atoms with Gasteiger partial charge in [-0.25, -0.2) is 23.2 Å². The van der Waals surface area contributed by atoms with Gasteiger partial charge in [-0.1, -0.05) is 6.92 Å². The number of H-pyrrole nitrogens is 1. The Labute approximate surface area is 162 Å². The molecule has 9 nitrogen and oxygen atoms in total. The summed E-state index contributed by atoms with van der Waals surface area (Å²) in [6.45, 7) is 2.84. The SMILES string of the molecule is CCCS(=O)(=O)CC1CCN(C(=O)n2cc(-c3ccnc4nc[nH]c34)cn2)C1. The van der Waals surface area contributed by atoms with Crippen LogP contribution >= 0.6 is 0 Å². The lowest BCUT2D eigenvalue weighted by Crippen LogP contribution is -2.33. The standard InChI is InChI=1S/C18H22N6O3S/c1-2-7-28(26,27)11-13-4-6-23(9-13)18(25)24-10-14(8-22-24)15-3-5-19-17-16(15)20-12-21-17/h3,5,8,10,12-13H,2,4,6-7,9,11H2,1H3,(H,19,20,21). The monoisotopic (exact) mass is 402 g/mol. The number of nitrogens with one attached hydrogen (secondary N) is 1. The van der Waals surface area contributed by atoms with Crippen molar-refractivity contribution in [3.8, 4) is 11.1 Å². The first-order chi connectivity index (χ1) is 13.5. The van der Waals surface area contributed by atoms with Crippen LogP contribution in [0.4, 0.5) is 4.79 Å². The molecule has 28 heavy (non-hydrogen) atoms. The molecule has 1 aliphatic heterocycles. The number of hydrogen-bond acceptors (Lipinski definition) is 6. The lowest BCUT2D eigenvalue weighted by atomic mass is 10.1. The summed E-state index contributed by atoms with van der Waals surface area (Å²) < 4.78 is 25.4. The fourth-order valence-electron chi connectivity index (χ4n) is 3.70. The Kier molecular flexibility index (Phi) is 4.88. The van der Waals surface area contributed by atoms with E-state index >= 15 is 0 Å². The van der Waals surface area contributed by atoms with Gasteiger partial charge in [0.2, 0.25) is 0 Å². The summed E-state index contributed by atoms with van der Waals surface area (Å²) in [4.78, 5) is 25.8. The number of likely N-dealkylation sites (tertiary alicyclic amines) is 1. The minimum Gasteiger partial charge on any atom is -0.343 e. The first kappa shape index (κ1) is 18.6. The Morgan fingerprint density at radius 3 is 3.04 bits per heavy atom. The molecule has 0 aromatic carbocycles. The van der Waals surface area contributed by atoms with E-state index in [1.165, 1.54) is 4.68 Å². The Bertz CT molecular complexity index is 1100. The third kappa shape index (κ3) is 3.64. The summed E-state index contributed by atoms with van der Waals surface area (Å²) in [6, 6.07) is 1.60. The highest BCUT2D eigenvalue weighted by atomic mass is 32.2. The molecule has 10 heteroatoms. The van der Waals surface area contributed by atoms with Gasteiger partial charge in [0.15, 0.2) is 15.5 Å². The van der Waals surface area contributed by atoms with Gasteiger partial charge in [-0.3, -0.25) is 0 Å². The average Bonchev–Trinajstić information content (AvgIpc) is 3.40. The van der Waals surface area contributed by atoms with Crippen LogP contribution < -0.4 is 0 Å². The zero-order valence-electron chi connectivity index (χ0n) is 15.6. The van der Waals surface area contributed by atoms with Crippen molar-refractivity contribution in [2.75, 3.05) is 24.6 Å². The van der Waals surface area contributed by atoms with E-state index in [1.807, 2.05) is 13.0 Å². The zero-order valence-corrected chi connectivity index (χ0v) is 16.4. The molecule has 3 aromatic heterocycles. The van der Waals surface area contributed by atoms with Crippen molar-refractivity contribution in [2.24, 2.45) is 5.92 Å². The quantitative estimate of drug-likeness (QED) is 0.698. The molecule has 4 rings (SSSR count). The van der Waals surface area contributed by atoms with E-state index in [0.29, 0.717) is 31.6 Å². The molecule has 148 valence electrons. The molecule has 0 bridgehead atoms. The number of fused-ring (bicyclic) bond motifs is 1. The van der Waals surface area contributed by atoms with Gasteiger partial charge >= 0.3 is 6.03 Å². The van der Waals surface area contributed by atoms with Gasteiger partial charge < -0.3 is 9.88 Å². The predicted octanol–water partition coefficient (Wildman–Crippen LogP) is 1.94. The number of amides is 1. The Balaban J connectivity index is 1.48. The van der Waals surface area contributed by atoms with Crippen LogP contribution in [0.15, 0.2) is 31.0 Å². The number of carbonyl (C=O) groups is 1. The van der Waals surface area contributed by atoms with E-state index in [0.717, 1.165) is 16.6 Å². The first-order valence-corrected chi connectivity index (χ1v) is 11.1. The topological polar surface area (TPSA) is 114 Å². The van der Waals surface area contributed by atoms with Gasteiger partial charge in [0.1, 0.15) is 0 Å². The lowest BCUT2D eigenvalue weighted by Gasteiger charge is -2.16. The maximum absolute atomic E-state index is 12.8. The van der Waals surface area contributed by atoms with E-state index in [2.05, 4.69) is 20.1 Å². The number of sulfone groups is 1. The molecule has 1 unspecified atom stereocenters. The fraction of sp³-hybridized carbons (Fsp3) is 0.444. The molecular weight excluding hydrogens is 380 g/mol. The Morgan fingerprint density at radius 1 is 1.36 bits per heavy atom. The van der Waals surface area contributed by atoms with Crippen molar-refractivity contribution in [2.45, 2.75) is 19.8 Å². The molecule has 1 fully saturated rings. The van der Waals surface area contributed by atoms with Gasteiger partial charge in [-0.15, -0.1) is 0 Å². The van der Waals surface area contributed by atoms with Crippen molar-refractivity contribution < 1.29 is 13.2 Å². The second kappa shape index (κ2) is 7.34. The third-order valence-corrected chi connectivity index (χ3v) is 6.99. The van der Waals surface area contributed by atoms with Gasteiger partial charge in [0.05, 0.1) is 23.8 Å². The highest BCUT2D eigenvalue weighted by molar-refractivity contribution is 7.91. The fourth-order valence-corrected chi connectivity index (χ4v) is 5.48. The minimum atomic E-state index is -3.05. The number of hydrogen-bond donors (Lipinski definition) is 1. The van der Waals surface area contributed by atoms with E-state index in [9.17, 15) is 13.2 Å². The molecule has 1 saturated heterocycles. The van der Waals surface area contributed by atoms with Crippen LogP contribution in [0.3, 0.4) is 0 Å². The second-order valence-electron chi connectivity index (χ2n) is 7.13. The number of nitrogens with zero attached hydrogens (tertiary/aromatic N) is 5. The normalized spacial score (nSPS) is 17.5. The number of pyridine rings is 1. The highest BCUT2D eigenvalue weighted by Crippen LogP contribution is 2.25. The van der Waals surface area contributed by atoms with Crippen LogP contribution in [0.5, 0.6) is 0 Å². The third-order valence-electron chi connectivity index (χ3n) is 4.98. The number of imidazole rings is 1. The molecule has 1 aliphatic rings. The summed E-state index contributed by atoms with van der Waals surface area (Å²) in [5.74, 6) is 0.331. The summed E-state index contributed by atoms with van der Waals surface area (Å²) in [7, 11) is -3.05. The van der Waals surface area contributed by atoms with Crippen LogP contribution in [0.25, 0.3) is 22.3 Å². The van der Waals surface area contributed by atoms with E-state index in [-0.39, 0.29) is 23.5 Å². The molecule has 1 N–H and O–H groups in total. The van der Waals surface area contributed by atoms with Crippen LogP contribution in [0.2, 0.25) is 0 Å². The molecule has 0 aliphatic carbocycles. The van der Waals surface area contributed by atoms with Crippen molar-refractivity contribution >= 4 is 27.0 Å². The smallest absolute Gasteiger partial charge is 0.343 e. The second-order valence-corrected chi connectivity index (χ2v) is 9.36. The Morgan fingerprint density at radius 2 is 2.21 bits per heavy atom. The Hall–Kier alpha value is -2.75. The van der Waals surface area contributed by atoms with Crippen molar-refractivity contribution in [3.63, 3.8) is 0 Å². The number of rotatable bonds is 5. The molecule has 1 amide bonds. The summed E-state index contributed by atoms with van der Waals surface area (Å²) in [6.07, 6.45) is 7.87. The van der Waals surface area contributed by atoms with Crippen molar-refractivity contribution in [1.29, 1.82) is 0 Å². The van der Waals surface area contributed by atoms with E-state index in [1.54, 1.807) is 29.8 Å². The van der Waals surface area contributed by atoms with E-state index in [4.69, 9.17) is 0 Å². The number of aromatic amines is 1. The molecule has 3 aromatic rings. The summed E-state index contributed by atoms with van der Waals surface area (Å²) in [5, 5.41) is 4.21. The highest BCUT2D eigenvalue weighted by Gasteiger charge is 2.30. The minimum absolute atomic E-state index is 0.0136. The van der Waals surface area contributed by atoms with Crippen LogP contribution in [0, 0.1) is 5.92 Å². The van der Waals surface area contributed by atoms with E-state index < -0.39 is 9.84 Å². The van der Waals surface area contributed by atoms with Gasteiger partial charge in [-0.05, 0) is 24.8 Å². The average molecular weight is 402 g/mol. The van der Waals surface area contributed by atoms with Crippen molar-refractivity contribution in [3.05, 3.63) is 31.0 Å². The first-order valence-electron chi connectivity index (χ1n) is 9.29. The van der Waals surface area contributed by atoms with Crippen molar-refractivity contribution in [1.82, 2.24) is 29.6 Å². The maximum atomic E-state index is 12.8. The maximum Gasteiger partial charge on any atom is 0.344 e. The molecule has 4 heterocycles. The van der Waals surface area contributed by atoms with Gasteiger partial charge in [0, 0.05) is 42.4 Å². The summed E-state index contributed by atoms with van der Waals surface area (Å²) in [5.41, 5.74) is 3.04.